The Labute approximate surface area is 327 Å². The minimum Gasteiger partial charge on any atom is -0.308 e. The Bertz CT molecular complexity index is 3180. The van der Waals surface area contributed by atoms with Gasteiger partial charge in [-0.2, -0.15) is 0 Å². The summed E-state index contributed by atoms with van der Waals surface area (Å²) in [6.07, 6.45) is 0. The van der Waals surface area contributed by atoms with Crippen LogP contribution in [0.4, 0.5) is 0 Å². The molecule has 8 aromatic carbocycles. The second-order valence-corrected chi connectivity index (χ2v) is 15.1. The van der Waals surface area contributed by atoms with Gasteiger partial charge in [-0.05, 0) is 64.7 Å². The average Bonchev–Trinajstić information content (AvgIpc) is 3.81. The summed E-state index contributed by atoms with van der Waals surface area (Å²) in [5, 5.41) is 5.00. The zero-order valence-electron chi connectivity index (χ0n) is 30.2. The number of hydrogen-bond acceptors (Lipinski definition) is 4. The molecule has 4 nitrogen and oxygen atoms in total. The van der Waals surface area contributed by atoms with Gasteiger partial charge in [0.05, 0.1) is 16.7 Å². The summed E-state index contributed by atoms with van der Waals surface area (Å²) in [6.45, 7) is 0. The van der Waals surface area contributed by atoms with Crippen molar-refractivity contribution < 1.29 is 0 Å². The topological polar surface area (TPSA) is 43.6 Å². The Morgan fingerprint density at radius 1 is 0.321 bits per heavy atom. The van der Waals surface area contributed by atoms with Gasteiger partial charge in [0, 0.05) is 47.6 Å². The van der Waals surface area contributed by atoms with E-state index in [0.717, 1.165) is 44.5 Å². The highest BCUT2D eigenvalue weighted by Gasteiger charge is 2.21. The molecule has 0 N–H and O–H groups in total. The van der Waals surface area contributed by atoms with E-state index in [1.165, 1.54) is 42.1 Å². The van der Waals surface area contributed by atoms with E-state index in [1.54, 1.807) is 0 Å². The van der Waals surface area contributed by atoms with Crippen LogP contribution in [0.15, 0.2) is 194 Å². The molecule has 0 aliphatic rings. The molecule has 0 bridgehead atoms. The molecule has 0 unspecified atom stereocenters. The molecule has 11 aromatic rings. The van der Waals surface area contributed by atoms with Gasteiger partial charge < -0.3 is 4.57 Å². The Hall–Kier alpha value is -7.21. The summed E-state index contributed by atoms with van der Waals surface area (Å²) in [5.74, 6) is 1.87. The third-order valence-electron chi connectivity index (χ3n) is 10.7. The van der Waals surface area contributed by atoms with Crippen molar-refractivity contribution in [1.82, 2.24) is 19.5 Å². The van der Waals surface area contributed by atoms with Crippen molar-refractivity contribution in [2.75, 3.05) is 0 Å². The fraction of sp³-hybridized carbons (Fsp3) is 0. The van der Waals surface area contributed by atoms with Crippen molar-refractivity contribution in [3.63, 3.8) is 0 Å². The first-order chi connectivity index (χ1) is 27.7. The highest BCUT2D eigenvalue weighted by atomic mass is 32.1. The van der Waals surface area contributed by atoms with E-state index in [2.05, 4.69) is 162 Å². The monoisotopic (exact) mass is 732 g/mol. The fourth-order valence-electron chi connectivity index (χ4n) is 7.97. The van der Waals surface area contributed by atoms with Crippen LogP contribution in [0, 0.1) is 0 Å². The number of thiophene rings is 1. The van der Waals surface area contributed by atoms with Crippen LogP contribution in [-0.2, 0) is 0 Å². The predicted octanol–water partition coefficient (Wildman–Crippen LogP) is 13.7. The van der Waals surface area contributed by atoms with Gasteiger partial charge in [-0.1, -0.05) is 152 Å². The standard InChI is InChI=1S/C51H32N4S/c1-4-15-33(16-5-1)36-21-14-22-37(29-36)38-27-28-45(43(30-38)51-53-49(34-17-6-2-7-18-34)52-50(54-51)35-19-8-3-9-20-35)55-44-25-12-10-23-39(44)41-31-42-40-24-11-13-26-47(40)56-48(42)32-46(41)55/h1-32H. The maximum atomic E-state index is 5.28. The van der Waals surface area contributed by atoms with Crippen molar-refractivity contribution >= 4 is 53.3 Å². The molecule has 3 aromatic heterocycles. The molecule has 0 aliphatic heterocycles. The van der Waals surface area contributed by atoms with Crippen LogP contribution in [0.1, 0.15) is 0 Å². The van der Waals surface area contributed by atoms with Gasteiger partial charge >= 0.3 is 0 Å². The first-order valence-electron chi connectivity index (χ1n) is 18.8. The number of aromatic nitrogens is 4. The molecule has 0 saturated heterocycles. The lowest BCUT2D eigenvalue weighted by Gasteiger charge is -2.16. The number of fused-ring (bicyclic) bond motifs is 6. The molecule has 0 spiro atoms. The van der Waals surface area contributed by atoms with E-state index in [9.17, 15) is 0 Å². The zero-order valence-corrected chi connectivity index (χ0v) is 31.0. The van der Waals surface area contributed by atoms with Crippen LogP contribution in [0.3, 0.4) is 0 Å². The number of benzene rings is 8. The van der Waals surface area contributed by atoms with Crippen LogP contribution in [0.2, 0.25) is 0 Å². The molecule has 0 radical (unpaired) electrons. The Morgan fingerprint density at radius 2 is 0.875 bits per heavy atom. The minimum atomic E-state index is 0.614. The zero-order chi connectivity index (χ0) is 37.0. The van der Waals surface area contributed by atoms with E-state index < -0.39 is 0 Å². The van der Waals surface area contributed by atoms with Gasteiger partial charge in [0.15, 0.2) is 17.5 Å². The summed E-state index contributed by atoms with van der Waals surface area (Å²) in [5.41, 5.74) is 10.6. The average molecular weight is 733 g/mol. The number of hydrogen-bond donors (Lipinski definition) is 0. The first kappa shape index (κ1) is 32.2. The summed E-state index contributed by atoms with van der Waals surface area (Å²) in [7, 11) is 0. The molecule has 0 fully saturated rings. The van der Waals surface area contributed by atoms with Crippen LogP contribution >= 0.6 is 11.3 Å². The molecular weight excluding hydrogens is 701 g/mol. The second-order valence-electron chi connectivity index (χ2n) is 14.0. The van der Waals surface area contributed by atoms with Crippen molar-refractivity contribution in [3.05, 3.63) is 194 Å². The van der Waals surface area contributed by atoms with Gasteiger partial charge in [0.25, 0.3) is 0 Å². The lowest BCUT2D eigenvalue weighted by molar-refractivity contribution is 1.06. The van der Waals surface area contributed by atoms with Gasteiger partial charge in [-0.15, -0.1) is 11.3 Å². The molecule has 0 atom stereocenters. The van der Waals surface area contributed by atoms with Gasteiger partial charge in [-0.3, -0.25) is 0 Å². The van der Waals surface area contributed by atoms with Crippen molar-refractivity contribution in [2.24, 2.45) is 0 Å². The minimum absolute atomic E-state index is 0.614. The normalized spacial score (nSPS) is 11.6. The fourth-order valence-corrected chi connectivity index (χ4v) is 9.10. The summed E-state index contributed by atoms with van der Waals surface area (Å²) in [6, 6.07) is 68.6. The van der Waals surface area contributed by atoms with E-state index in [1.807, 2.05) is 47.7 Å². The largest absolute Gasteiger partial charge is 0.308 e. The molecule has 0 aliphatic carbocycles. The Morgan fingerprint density at radius 3 is 1.59 bits per heavy atom. The van der Waals surface area contributed by atoms with Crippen molar-refractivity contribution in [2.45, 2.75) is 0 Å². The van der Waals surface area contributed by atoms with Gasteiger partial charge in [0.1, 0.15) is 0 Å². The Balaban J connectivity index is 1.21. The molecule has 0 amide bonds. The maximum absolute atomic E-state index is 5.28. The van der Waals surface area contributed by atoms with Crippen LogP contribution in [0.25, 0.3) is 104 Å². The van der Waals surface area contributed by atoms with E-state index in [0.29, 0.717) is 17.5 Å². The van der Waals surface area contributed by atoms with E-state index >= 15 is 0 Å². The summed E-state index contributed by atoms with van der Waals surface area (Å²) < 4.78 is 4.96. The molecule has 11 rings (SSSR count). The Kier molecular flexibility index (Phi) is 7.64. The van der Waals surface area contributed by atoms with E-state index in [4.69, 9.17) is 15.0 Å². The quantitative estimate of drug-likeness (QED) is 0.171. The SMILES string of the molecule is c1ccc(-c2cccc(-c3ccc(-n4c5ccccc5c5cc6c(cc54)sc4ccccc46)c(-c4nc(-c5ccccc5)nc(-c5ccccc5)n4)c3)c2)cc1. The van der Waals surface area contributed by atoms with Crippen molar-refractivity contribution in [3.8, 4) is 62.1 Å². The van der Waals surface area contributed by atoms with Gasteiger partial charge in [0.2, 0.25) is 0 Å². The highest BCUT2D eigenvalue weighted by Crippen LogP contribution is 2.43. The molecule has 5 heteroatoms. The summed E-state index contributed by atoms with van der Waals surface area (Å²) >= 11 is 1.84. The second kappa shape index (κ2) is 13.3. The predicted molar refractivity (Wildman–Crippen MR) is 234 cm³/mol. The lowest BCUT2D eigenvalue weighted by atomic mass is 9.97. The van der Waals surface area contributed by atoms with Crippen LogP contribution < -0.4 is 0 Å². The third-order valence-corrected chi connectivity index (χ3v) is 11.8. The van der Waals surface area contributed by atoms with Crippen molar-refractivity contribution in [1.29, 1.82) is 0 Å². The maximum Gasteiger partial charge on any atom is 0.166 e. The molecule has 3 heterocycles. The lowest BCUT2D eigenvalue weighted by Crippen LogP contribution is -2.04. The number of para-hydroxylation sites is 1. The van der Waals surface area contributed by atoms with E-state index in [-0.39, 0.29) is 0 Å². The van der Waals surface area contributed by atoms with Gasteiger partial charge in [-0.25, -0.2) is 15.0 Å². The highest BCUT2D eigenvalue weighted by molar-refractivity contribution is 7.25. The smallest absolute Gasteiger partial charge is 0.166 e. The summed E-state index contributed by atoms with van der Waals surface area (Å²) in [4.78, 5) is 15.6. The van der Waals surface area contributed by atoms with Crippen LogP contribution in [-0.4, -0.2) is 19.5 Å². The van der Waals surface area contributed by atoms with Crippen LogP contribution in [0.5, 0.6) is 0 Å². The molecule has 0 saturated carbocycles. The molecular formula is C51H32N4S. The number of nitrogens with zero attached hydrogens (tertiary/aromatic N) is 4. The first-order valence-corrected chi connectivity index (χ1v) is 19.6. The number of rotatable bonds is 6. The third kappa shape index (κ3) is 5.48. The molecule has 56 heavy (non-hydrogen) atoms. The molecule has 262 valence electrons.